The number of hydrogen-bond acceptors (Lipinski definition) is 1. The van der Waals surface area contributed by atoms with E-state index in [4.69, 9.17) is 23.2 Å². The van der Waals surface area contributed by atoms with E-state index in [1.165, 1.54) is 18.2 Å². The third kappa shape index (κ3) is 4.05. The molecular weight excluding hydrogens is 286 g/mol. The summed E-state index contributed by atoms with van der Waals surface area (Å²) in [6.07, 6.45) is 0.372. The molecule has 0 aromatic heterocycles. The summed E-state index contributed by atoms with van der Waals surface area (Å²) < 4.78 is 13.1. The molecule has 1 nitrogen and oxygen atoms in total. The molecule has 0 saturated carbocycles. The summed E-state index contributed by atoms with van der Waals surface area (Å²) in [6, 6.07) is 11.1. The molecular formula is C15H11Cl2FO. The fourth-order valence-electron chi connectivity index (χ4n) is 1.83. The van der Waals surface area contributed by atoms with E-state index < -0.39 is 5.82 Å². The predicted molar refractivity (Wildman–Crippen MR) is 75.3 cm³/mol. The van der Waals surface area contributed by atoms with Crippen LogP contribution < -0.4 is 0 Å². The zero-order valence-electron chi connectivity index (χ0n) is 10.00. The van der Waals surface area contributed by atoms with Crippen LogP contribution in [-0.4, -0.2) is 5.78 Å². The molecule has 2 rings (SSSR count). The normalized spacial score (nSPS) is 10.5. The summed E-state index contributed by atoms with van der Waals surface area (Å²) in [7, 11) is 0. The van der Waals surface area contributed by atoms with Crippen LogP contribution in [0.15, 0.2) is 42.5 Å². The van der Waals surface area contributed by atoms with E-state index in [9.17, 15) is 9.18 Å². The topological polar surface area (TPSA) is 17.1 Å². The zero-order chi connectivity index (χ0) is 13.8. The van der Waals surface area contributed by atoms with Crippen molar-refractivity contribution in [2.75, 3.05) is 0 Å². The average Bonchev–Trinajstić information content (AvgIpc) is 2.34. The molecule has 0 atom stereocenters. The lowest BCUT2D eigenvalue weighted by molar-refractivity contribution is -0.117. The van der Waals surface area contributed by atoms with Crippen molar-refractivity contribution in [3.05, 3.63) is 69.5 Å². The summed E-state index contributed by atoms with van der Waals surface area (Å²) in [4.78, 5) is 11.9. The third-order valence-corrected chi connectivity index (χ3v) is 3.29. The molecule has 0 unspecified atom stereocenters. The Morgan fingerprint density at radius 3 is 2.58 bits per heavy atom. The van der Waals surface area contributed by atoms with Crippen molar-refractivity contribution in [3.8, 4) is 0 Å². The van der Waals surface area contributed by atoms with Gasteiger partial charge in [-0.25, -0.2) is 4.39 Å². The smallest absolute Gasteiger partial charge is 0.141 e. The van der Waals surface area contributed by atoms with Gasteiger partial charge in [0.05, 0.1) is 0 Å². The lowest BCUT2D eigenvalue weighted by Crippen LogP contribution is -2.07. The van der Waals surface area contributed by atoms with Crippen molar-refractivity contribution in [2.24, 2.45) is 0 Å². The van der Waals surface area contributed by atoms with E-state index in [2.05, 4.69) is 0 Å². The van der Waals surface area contributed by atoms with E-state index in [1.807, 2.05) is 6.07 Å². The number of halogens is 3. The van der Waals surface area contributed by atoms with E-state index >= 15 is 0 Å². The Morgan fingerprint density at radius 2 is 1.84 bits per heavy atom. The highest BCUT2D eigenvalue weighted by Gasteiger charge is 2.09. The largest absolute Gasteiger partial charge is 0.299 e. The molecule has 4 heteroatoms. The van der Waals surface area contributed by atoms with Crippen LogP contribution in [0.5, 0.6) is 0 Å². The first-order valence-corrected chi connectivity index (χ1v) is 6.50. The maximum absolute atomic E-state index is 13.1. The van der Waals surface area contributed by atoms with Gasteiger partial charge in [0.1, 0.15) is 11.6 Å². The minimum Gasteiger partial charge on any atom is -0.299 e. The highest BCUT2D eigenvalue weighted by molar-refractivity contribution is 6.31. The van der Waals surface area contributed by atoms with E-state index in [0.717, 1.165) is 5.56 Å². The molecule has 0 aliphatic carbocycles. The first-order chi connectivity index (χ1) is 9.04. The monoisotopic (exact) mass is 296 g/mol. The maximum atomic E-state index is 13.1. The Morgan fingerprint density at radius 1 is 1.05 bits per heavy atom. The molecule has 19 heavy (non-hydrogen) atoms. The number of rotatable bonds is 4. The van der Waals surface area contributed by atoms with Crippen LogP contribution in [0.1, 0.15) is 11.1 Å². The van der Waals surface area contributed by atoms with Gasteiger partial charge >= 0.3 is 0 Å². The van der Waals surface area contributed by atoms with E-state index in [1.54, 1.807) is 18.2 Å². The molecule has 0 aliphatic heterocycles. The first kappa shape index (κ1) is 14.0. The Balaban J connectivity index is 2.07. The van der Waals surface area contributed by atoms with Crippen LogP contribution in [0.25, 0.3) is 0 Å². The molecule has 0 N–H and O–H groups in total. The molecule has 0 bridgehead atoms. The lowest BCUT2D eigenvalue weighted by atomic mass is 10.0. The standard InChI is InChI=1S/C15H11Cl2FO/c16-12-3-1-2-10(6-12)7-14(19)9-11-8-13(18)4-5-15(11)17/h1-6,8H,7,9H2. The lowest BCUT2D eigenvalue weighted by Gasteiger charge is -2.05. The summed E-state index contributed by atoms with van der Waals surface area (Å²) >= 11 is 11.8. The summed E-state index contributed by atoms with van der Waals surface area (Å²) in [5.74, 6) is -0.426. The number of Topliss-reactive ketones (excluding diaryl/α,β-unsaturated/α-hetero) is 1. The third-order valence-electron chi connectivity index (χ3n) is 2.69. The second-order valence-corrected chi connectivity index (χ2v) is 5.10. The van der Waals surface area contributed by atoms with Gasteiger partial charge in [-0.3, -0.25) is 4.79 Å². The fourth-order valence-corrected chi connectivity index (χ4v) is 2.23. The van der Waals surface area contributed by atoms with Gasteiger partial charge in [0.15, 0.2) is 0 Å². The molecule has 0 heterocycles. The predicted octanol–water partition coefficient (Wildman–Crippen LogP) is 4.49. The second-order valence-electron chi connectivity index (χ2n) is 4.26. The maximum Gasteiger partial charge on any atom is 0.141 e. The number of benzene rings is 2. The zero-order valence-corrected chi connectivity index (χ0v) is 11.5. The van der Waals surface area contributed by atoms with Crippen molar-refractivity contribution in [1.29, 1.82) is 0 Å². The van der Waals surface area contributed by atoms with Crippen LogP contribution >= 0.6 is 23.2 Å². The Bertz CT molecular complexity index is 611. The SMILES string of the molecule is O=C(Cc1cccc(Cl)c1)Cc1cc(F)ccc1Cl. The minimum absolute atomic E-state index is 0.0326. The van der Waals surface area contributed by atoms with Crippen molar-refractivity contribution in [1.82, 2.24) is 0 Å². The van der Waals surface area contributed by atoms with E-state index in [0.29, 0.717) is 15.6 Å². The molecule has 0 spiro atoms. The summed E-state index contributed by atoms with van der Waals surface area (Å²) in [5, 5.41) is 0.995. The average molecular weight is 297 g/mol. The first-order valence-electron chi connectivity index (χ1n) is 5.74. The molecule has 2 aromatic carbocycles. The fraction of sp³-hybridized carbons (Fsp3) is 0.133. The number of ketones is 1. The van der Waals surface area contributed by atoms with Gasteiger partial charge in [-0.1, -0.05) is 35.3 Å². The van der Waals surface area contributed by atoms with Gasteiger partial charge in [-0.05, 0) is 41.5 Å². The van der Waals surface area contributed by atoms with Gasteiger partial charge in [0.2, 0.25) is 0 Å². The summed E-state index contributed by atoms with van der Waals surface area (Å²) in [6.45, 7) is 0. The Hall–Kier alpha value is -1.38. The van der Waals surface area contributed by atoms with Crippen molar-refractivity contribution in [3.63, 3.8) is 0 Å². The quantitative estimate of drug-likeness (QED) is 0.812. The van der Waals surface area contributed by atoms with Gasteiger partial charge in [0.25, 0.3) is 0 Å². The highest BCUT2D eigenvalue weighted by Crippen LogP contribution is 2.19. The van der Waals surface area contributed by atoms with Crippen molar-refractivity contribution >= 4 is 29.0 Å². The van der Waals surface area contributed by atoms with Crippen molar-refractivity contribution < 1.29 is 9.18 Å². The minimum atomic E-state index is -0.394. The van der Waals surface area contributed by atoms with Gasteiger partial charge in [-0.15, -0.1) is 0 Å². The van der Waals surface area contributed by atoms with Crippen LogP contribution in [0, 0.1) is 5.82 Å². The molecule has 0 amide bonds. The van der Waals surface area contributed by atoms with Crippen LogP contribution in [0.2, 0.25) is 10.0 Å². The summed E-state index contributed by atoms with van der Waals surface area (Å²) in [5.41, 5.74) is 1.35. The number of hydrogen-bond donors (Lipinski definition) is 0. The van der Waals surface area contributed by atoms with Crippen molar-refractivity contribution in [2.45, 2.75) is 12.8 Å². The van der Waals surface area contributed by atoms with Crippen LogP contribution in [-0.2, 0) is 17.6 Å². The Kier molecular flexibility index (Phi) is 4.56. The van der Waals surface area contributed by atoms with Gasteiger partial charge < -0.3 is 0 Å². The molecule has 2 aromatic rings. The number of carbonyl (C=O) groups excluding carboxylic acids is 1. The van der Waals surface area contributed by atoms with Gasteiger partial charge in [0, 0.05) is 22.9 Å². The molecule has 98 valence electrons. The van der Waals surface area contributed by atoms with Crippen LogP contribution in [0.4, 0.5) is 4.39 Å². The Labute approximate surface area is 121 Å². The van der Waals surface area contributed by atoms with Gasteiger partial charge in [-0.2, -0.15) is 0 Å². The van der Waals surface area contributed by atoms with Crippen LogP contribution in [0.3, 0.4) is 0 Å². The molecule has 0 aliphatic rings. The highest BCUT2D eigenvalue weighted by atomic mass is 35.5. The molecule has 0 radical (unpaired) electrons. The second kappa shape index (κ2) is 6.18. The van der Waals surface area contributed by atoms with E-state index in [-0.39, 0.29) is 18.6 Å². The molecule has 0 fully saturated rings. The molecule has 0 saturated heterocycles. The number of carbonyl (C=O) groups is 1.